The monoisotopic (exact) mass is 691 g/mol. The lowest BCUT2D eigenvalue weighted by molar-refractivity contribution is -0.140. The third-order valence-corrected chi connectivity index (χ3v) is 10.6. The number of aromatic nitrogens is 2. The summed E-state index contributed by atoms with van der Waals surface area (Å²) in [7, 11) is 0. The average Bonchev–Trinajstić information content (AvgIpc) is 3.78. The molecule has 0 radical (unpaired) electrons. The second kappa shape index (κ2) is 16.4. The number of para-hydroxylation sites is 1. The van der Waals surface area contributed by atoms with Crippen LogP contribution in [0.4, 0.5) is 4.79 Å². The minimum Gasteiger partial charge on any atom is -0.467 e. The van der Waals surface area contributed by atoms with Crippen LogP contribution in [-0.4, -0.2) is 105 Å². The van der Waals surface area contributed by atoms with Crippen molar-refractivity contribution in [2.24, 2.45) is 5.92 Å². The van der Waals surface area contributed by atoms with Gasteiger partial charge >= 0.3 is 6.09 Å². The van der Waals surface area contributed by atoms with E-state index in [1.807, 2.05) is 30.3 Å². The van der Waals surface area contributed by atoms with Gasteiger partial charge in [0.1, 0.15) is 12.1 Å². The molecule has 0 bridgehead atoms. The number of rotatable bonds is 12. The van der Waals surface area contributed by atoms with Crippen molar-refractivity contribution in [1.82, 2.24) is 35.5 Å². The predicted octanol–water partition coefficient (Wildman–Crippen LogP) is 3.24. The van der Waals surface area contributed by atoms with Gasteiger partial charge in [-0.1, -0.05) is 50.3 Å². The number of amides is 5. The van der Waals surface area contributed by atoms with E-state index in [4.69, 9.17) is 9.84 Å². The van der Waals surface area contributed by atoms with Crippen LogP contribution in [0.25, 0.3) is 5.69 Å². The largest absolute Gasteiger partial charge is 0.467 e. The molecule has 1 aromatic carbocycles. The fraction of sp³-hybridized carbons (Fsp3) is 0.611. The predicted molar refractivity (Wildman–Crippen MR) is 183 cm³/mol. The number of carbonyl (C=O) groups is 5. The first-order chi connectivity index (χ1) is 24.2. The Morgan fingerprint density at radius 1 is 0.840 bits per heavy atom. The summed E-state index contributed by atoms with van der Waals surface area (Å²) in [4.78, 5) is 68.4. The topological polar surface area (TPSA) is 175 Å². The van der Waals surface area contributed by atoms with Crippen molar-refractivity contribution in [1.29, 1.82) is 0 Å². The number of carbonyl (C=O) groups excluding carboxylic acids is 4. The van der Waals surface area contributed by atoms with E-state index in [1.54, 1.807) is 9.80 Å². The van der Waals surface area contributed by atoms with Gasteiger partial charge in [0.25, 0.3) is 11.8 Å². The summed E-state index contributed by atoms with van der Waals surface area (Å²) in [5.41, 5.74) is 0.668. The summed E-state index contributed by atoms with van der Waals surface area (Å²) in [6.45, 7) is 0.939. The van der Waals surface area contributed by atoms with E-state index in [0.717, 1.165) is 51.4 Å². The zero-order valence-corrected chi connectivity index (χ0v) is 28.6. The zero-order valence-electron chi connectivity index (χ0n) is 28.6. The van der Waals surface area contributed by atoms with Crippen molar-refractivity contribution in [3.8, 4) is 11.6 Å². The van der Waals surface area contributed by atoms with E-state index in [2.05, 4.69) is 21.0 Å². The third kappa shape index (κ3) is 8.75. The Morgan fingerprint density at radius 3 is 2.24 bits per heavy atom. The Morgan fingerprint density at radius 2 is 1.56 bits per heavy atom. The summed E-state index contributed by atoms with van der Waals surface area (Å²) in [6, 6.07) is 9.30. The molecule has 0 unspecified atom stereocenters. The smallest absolute Gasteiger partial charge is 0.404 e. The van der Waals surface area contributed by atoms with Gasteiger partial charge in [0.15, 0.2) is 12.3 Å². The molecule has 50 heavy (non-hydrogen) atoms. The number of piperidine rings is 1. The van der Waals surface area contributed by atoms with E-state index in [1.165, 1.54) is 17.2 Å². The highest BCUT2D eigenvalue weighted by Gasteiger charge is 2.36. The zero-order chi connectivity index (χ0) is 35.0. The maximum Gasteiger partial charge on any atom is 0.404 e. The lowest BCUT2D eigenvalue weighted by Crippen LogP contribution is -2.53. The van der Waals surface area contributed by atoms with Crippen LogP contribution >= 0.6 is 0 Å². The highest BCUT2D eigenvalue weighted by molar-refractivity contribution is 5.96. The molecule has 6 rings (SSSR count). The molecule has 2 saturated carbocycles. The fourth-order valence-corrected chi connectivity index (χ4v) is 7.59. The minimum atomic E-state index is -1.08. The van der Waals surface area contributed by atoms with E-state index in [-0.39, 0.29) is 48.0 Å². The molecule has 0 spiro atoms. The van der Waals surface area contributed by atoms with Crippen LogP contribution in [0.3, 0.4) is 0 Å². The Hall–Kier alpha value is -4.62. The summed E-state index contributed by atoms with van der Waals surface area (Å²) < 4.78 is 7.48. The molecule has 14 nitrogen and oxygen atoms in total. The molecule has 4 N–H and O–H groups in total. The maximum atomic E-state index is 13.9. The van der Waals surface area contributed by atoms with Gasteiger partial charge in [-0.25, -0.2) is 9.48 Å². The van der Waals surface area contributed by atoms with Crippen molar-refractivity contribution < 1.29 is 33.8 Å². The number of carboxylic acid groups (broad SMARTS) is 1. The Bertz CT molecular complexity index is 1510. The number of nitrogens with one attached hydrogen (secondary N) is 3. The minimum absolute atomic E-state index is 0.0426. The van der Waals surface area contributed by atoms with Crippen LogP contribution in [0.2, 0.25) is 0 Å². The van der Waals surface area contributed by atoms with E-state index in [9.17, 15) is 24.0 Å². The maximum absolute atomic E-state index is 13.9. The molecule has 2 aliphatic carbocycles. The van der Waals surface area contributed by atoms with Crippen LogP contribution < -0.4 is 20.7 Å². The molecule has 4 aliphatic rings. The molecule has 5 amide bonds. The average molecular weight is 692 g/mol. The van der Waals surface area contributed by atoms with Crippen LogP contribution in [0.1, 0.15) is 94.0 Å². The summed E-state index contributed by atoms with van der Waals surface area (Å²) in [5, 5.41) is 22.2. The lowest BCUT2D eigenvalue weighted by Gasteiger charge is -2.35. The Kier molecular flexibility index (Phi) is 11.5. The molecule has 4 fully saturated rings. The molecule has 2 aromatic rings. The number of likely N-dealkylation sites (tertiary alicyclic amines) is 2. The number of nitrogens with zero attached hydrogens (tertiary/aromatic N) is 4. The number of hydrogen-bond acceptors (Lipinski definition) is 7. The van der Waals surface area contributed by atoms with Crippen molar-refractivity contribution in [2.45, 2.75) is 108 Å². The van der Waals surface area contributed by atoms with Gasteiger partial charge in [-0.15, -0.1) is 0 Å². The molecule has 2 aliphatic heterocycles. The van der Waals surface area contributed by atoms with E-state index >= 15 is 0 Å². The van der Waals surface area contributed by atoms with Crippen molar-refractivity contribution in [3.63, 3.8) is 0 Å². The van der Waals surface area contributed by atoms with Crippen molar-refractivity contribution >= 4 is 29.7 Å². The number of ether oxygens (including phenoxy) is 1. The number of hydrogen-bond donors (Lipinski definition) is 4. The SMILES string of the molecule is O=C(O)NC1CCN(C(=O)[C@H](CC2CCCCC2)NC(=O)c2cc(OCC(=O)N3CCC[C@H]3C(=O)NC3CCC3)n(-c3ccccc3)n2)CC1. The molecule has 3 heterocycles. The van der Waals surface area contributed by atoms with Gasteiger partial charge in [-0.3, -0.25) is 19.2 Å². The molecule has 14 heteroatoms. The van der Waals surface area contributed by atoms with Gasteiger partial charge in [-0.2, -0.15) is 5.10 Å². The van der Waals surface area contributed by atoms with Gasteiger partial charge in [-0.05, 0) is 69.4 Å². The van der Waals surface area contributed by atoms with Gasteiger partial charge in [0, 0.05) is 37.8 Å². The van der Waals surface area contributed by atoms with Crippen LogP contribution in [-0.2, 0) is 14.4 Å². The van der Waals surface area contributed by atoms with Gasteiger partial charge in [0.05, 0.1) is 5.69 Å². The molecule has 270 valence electrons. The highest BCUT2D eigenvalue weighted by Crippen LogP contribution is 2.29. The first kappa shape index (κ1) is 35.2. The molecule has 2 atom stereocenters. The van der Waals surface area contributed by atoms with Crippen molar-refractivity contribution in [3.05, 3.63) is 42.1 Å². The van der Waals surface area contributed by atoms with Crippen molar-refractivity contribution in [2.75, 3.05) is 26.2 Å². The lowest BCUT2D eigenvalue weighted by atomic mass is 9.84. The van der Waals surface area contributed by atoms with E-state index < -0.39 is 24.1 Å². The normalized spacial score (nSPS) is 20.8. The molecule has 2 saturated heterocycles. The van der Waals surface area contributed by atoms with Crippen LogP contribution in [0, 0.1) is 5.92 Å². The fourth-order valence-electron chi connectivity index (χ4n) is 7.59. The molecular weight excluding hydrogens is 642 g/mol. The molecular formula is C36H49N7O7. The van der Waals surface area contributed by atoms with Crippen LogP contribution in [0.15, 0.2) is 36.4 Å². The number of benzene rings is 1. The Labute approximate surface area is 292 Å². The Balaban J connectivity index is 1.15. The van der Waals surface area contributed by atoms with Crippen LogP contribution in [0.5, 0.6) is 5.88 Å². The summed E-state index contributed by atoms with van der Waals surface area (Å²) in [6.07, 6.45) is 10.2. The second-order valence-electron chi connectivity index (χ2n) is 14.1. The summed E-state index contributed by atoms with van der Waals surface area (Å²) >= 11 is 0. The quantitative estimate of drug-likeness (QED) is 0.262. The second-order valence-corrected chi connectivity index (χ2v) is 14.1. The molecule has 1 aromatic heterocycles. The van der Waals surface area contributed by atoms with E-state index in [0.29, 0.717) is 56.9 Å². The first-order valence-electron chi connectivity index (χ1n) is 18.2. The standard InChI is InChI=1S/C36H49N7O7/c44-31(42-18-8-15-30(42)34(46)37-25-11-7-12-25)23-50-32-22-28(40-43(32)27-13-5-2-6-14-27)33(45)39-29(21-24-9-3-1-4-10-24)35(47)41-19-16-26(17-20-41)38-36(48)49/h2,5-6,13-14,22,24-26,29-30,38H,1,3-4,7-12,15-21,23H2,(H,37,46)(H,39,45)(H,48,49)/t29-,30-/m0/s1. The highest BCUT2D eigenvalue weighted by atomic mass is 16.5. The van der Waals surface area contributed by atoms with Gasteiger partial charge in [0.2, 0.25) is 17.7 Å². The first-order valence-corrected chi connectivity index (χ1v) is 18.2. The third-order valence-electron chi connectivity index (χ3n) is 10.6. The van der Waals surface area contributed by atoms with Gasteiger partial charge < -0.3 is 35.6 Å². The summed E-state index contributed by atoms with van der Waals surface area (Å²) in [5.74, 6) is -0.645.